The zero-order valence-corrected chi connectivity index (χ0v) is 30.3. The van der Waals surface area contributed by atoms with Crippen molar-refractivity contribution < 1.29 is 19.1 Å². The van der Waals surface area contributed by atoms with E-state index < -0.39 is 11.2 Å². The predicted octanol–water partition coefficient (Wildman–Crippen LogP) is 9.05. The van der Waals surface area contributed by atoms with E-state index in [1.165, 1.54) is 0 Å². The van der Waals surface area contributed by atoms with Gasteiger partial charge in [0.25, 0.3) is 0 Å². The highest BCUT2D eigenvalue weighted by Gasteiger charge is 2.65. The van der Waals surface area contributed by atoms with Crippen LogP contribution in [0.3, 0.4) is 0 Å². The van der Waals surface area contributed by atoms with Crippen molar-refractivity contribution in [2.24, 2.45) is 10.8 Å². The zero-order valence-electron chi connectivity index (χ0n) is 30.3. The Bertz CT molecular complexity index is 1810. The van der Waals surface area contributed by atoms with Gasteiger partial charge in [-0.15, -0.1) is 0 Å². The highest BCUT2D eigenvalue weighted by Crippen LogP contribution is 2.64. The standard InChI is InChI=1S/C40H48N6O4/c1-37(2,3)49-35(47)45-29(17-39(7)19-31(39)45)33-41-21-27(43-33)25-13-9-23(10-14-25)24-11-15-26(16-12-24)28-22-42-34(44-28)30-18-40(8)20-32(40)46(30)36(48)50-38(4,5)6/h9-16,21-22,29-32H,17-20H2,1-8H3,(H,41,43)(H,42,44)/t29-,30-,31-,32-,39+,40+/m0/s1. The van der Waals surface area contributed by atoms with Crippen molar-refractivity contribution in [2.75, 3.05) is 0 Å². The minimum absolute atomic E-state index is 0.123. The maximum absolute atomic E-state index is 13.2. The molecule has 10 nitrogen and oxygen atoms in total. The summed E-state index contributed by atoms with van der Waals surface area (Å²) < 4.78 is 11.5. The van der Waals surface area contributed by atoms with Crippen molar-refractivity contribution >= 4 is 12.2 Å². The molecule has 4 aliphatic rings. The van der Waals surface area contributed by atoms with Gasteiger partial charge in [-0.3, -0.25) is 9.80 Å². The maximum atomic E-state index is 13.2. The number of carbonyl (C=O) groups is 2. The Morgan fingerprint density at radius 3 is 1.30 bits per heavy atom. The van der Waals surface area contributed by atoms with Gasteiger partial charge in [0.15, 0.2) is 0 Å². The fraction of sp³-hybridized carbons (Fsp3) is 0.500. The molecule has 2 aliphatic carbocycles. The Morgan fingerprint density at radius 1 is 0.620 bits per heavy atom. The van der Waals surface area contributed by atoms with Crippen LogP contribution in [0.1, 0.15) is 105 Å². The van der Waals surface area contributed by atoms with E-state index in [0.717, 1.165) is 71.0 Å². The Balaban J connectivity index is 0.947. The van der Waals surface area contributed by atoms with E-state index in [1.54, 1.807) is 0 Å². The van der Waals surface area contributed by atoms with Gasteiger partial charge in [-0.25, -0.2) is 19.6 Å². The summed E-state index contributed by atoms with van der Waals surface area (Å²) in [5.41, 5.74) is 5.29. The summed E-state index contributed by atoms with van der Waals surface area (Å²) in [5.74, 6) is 1.61. The van der Waals surface area contributed by atoms with E-state index in [9.17, 15) is 9.59 Å². The fourth-order valence-electron chi connectivity index (χ4n) is 8.17. The number of ether oxygens (including phenoxy) is 2. The van der Waals surface area contributed by atoms with Gasteiger partial charge in [0.2, 0.25) is 0 Å². The molecule has 4 heterocycles. The van der Waals surface area contributed by atoms with Crippen LogP contribution in [0.5, 0.6) is 0 Å². The first-order chi connectivity index (χ1) is 23.5. The molecule has 6 atom stereocenters. The minimum atomic E-state index is -0.546. The number of nitrogens with zero attached hydrogens (tertiary/aromatic N) is 4. The molecule has 0 radical (unpaired) electrons. The number of piperidine rings is 2. The van der Waals surface area contributed by atoms with Crippen molar-refractivity contribution in [2.45, 2.75) is 116 Å². The molecule has 2 aromatic heterocycles. The predicted molar refractivity (Wildman–Crippen MR) is 191 cm³/mol. The molecule has 2 amide bonds. The summed E-state index contributed by atoms with van der Waals surface area (Å²) in [6.07, 6.45) is 6.97. The van der Waals surface area contributed by atoms with Crippen molar-refractivity contribution in [1.82, 2.24) is 29.7 Å². The van der Waals surface area contributed by atoms with Crippen LogP contribution < -0.4 is 0 Å². The van der Waals surface area contributed by atoms with Crippen LogP contribution in [-0.2, 0) is 9.47 Å². The van der Waals surface area contributed by atoms with Crippen molar-refractivity contribution in [1.29, 1.82) is 0 Å². The van der Waals surface area contributed by atoms with Gasteiger partial charge in [-0.05, 0) is 100 Å². The average Bonchev–Trinajstić information content (AvgIpc) is 3.51. The number of benzene rings is 2. The van der Waals surface area contributed by atoms with Gasteiger partial charge < -0.3 is 19.4 Å². The maximum Gasteiger partial charge on any atom is 0.411 e. The van der Waals surface area contributed by atoms with Crippen LogP contribution >= 0.6 is 0 Å². The first kappa shape index (κ1) is 32.6. The van der Waals surface area contributed by atoms with Crippen molar-refractivity contribution in [3.8, 4) is 33.6 Å². The third-order valence-corrected chi connectivity index (χ3v) is 11.0. The summed E-state index contributed by atoms with van der Waals surface area (Å²) >= 11 is 0. The fourth-order valence-corrected chi connectivity index (χ4v) is 8.17. The number of carbonyl (C=O) groups excluding carboxylic acids is 2. The number of likely N-dealkylation sites (tertiary alicyclic amines) is 2. The lowest BCUT2D eigenvalue weighted by molar-refractivity contribution is 0.0164. The molecule has 4 fully saturated rings. The second-order valence-electron chi connectivity index (χ2n) is 17.5. The smallest absolute Gasteiger partial charge is 0.411 e. The zero-order chi connectivity index (χ0) is 35.4. The number of nitrogens with one attached hydrogen (secondary N) is 2. The molecule has 262 valence electrons. The number of fused-ring (bicyclic) bond motifs is 2. The number of aromatic nitrogens is 4. The number of H-pyrrole nitrogens is 2. The number of hydrogen-bond donors (Lipinski definition) is 2. The van der Waals surface area contributed by atoms with Crippen LogP contribution in [0.4, 0.5) is 9.59 Å². The van der Waals surface area contributed by atoms with Gasteiger partial charge >= 0.3 is 12.2 Å². The third kappa shape index (κ3) is 5.86. The molecule has 0 bridgehead atoms. The minimum Gasteiger partial charge on any atom is -0.444 e. The van der Waals surface area contributed by atoms with Gasteiger partial charge in [0, 0.05) is 12.1 Å². The number of amides is 2. The first-order valence-corrected chi connectivity index (χ1v) is 17.8. The van der Waals surface area contributed by atoms with Gasteiger partial charge in [0.05, 0.1) is 35.9 Å². The Hall–Kier alpha value is -4.60. The van der Waals surface area contributed by atoms with Gasteiger partial charge in [0.1, 0.15) is 22.9 Å². The Kier molecular flexibility index (Phi) is 7.14. The van der Waals surface area contributed by atoms with Crippen LogP contribution in [-0.4, -0.2) is 65.2 Å². The lowest BCUT2D eigenvalue weighted by Gasteiger charge is -2.29. The Labute approximate surface area is 294 Å². The molecule has 0 spiro atoms. The summed E-state index contributed by atoms with van der Waals surface area (Å²) in [4.78, 5) is 46.6. The topological polar surface area (TPSA) is 116 Å². The van der Waals surface area contributed by atoms with Gasteiger partial charge in [-0.1, -0.05) is 62.4 Å². The molecular formula is C40H48N6O4. The summed E-state index contributed by atoms with van der Waals surface area (Å²) in [6.45, 7) is 15.9. The summed E-state index contributed by atoms with van der Waals surface area (Å²) in [6, 6.07) is 17.0. The quantitative estimate of drug-likeness (QED) is 0.218. The second-order valence-corrected chi connectivity index (χ2v) is 17.5. The van der Waals surface area contributed by atoms with E-state index in [0.29, 0.717) is 0 Å². The highest BCUT2D eigenvalue weighted by atomic mass is 16.6. The largest absolute Gasteiger partial charge is 0.444 e. The SMILES string of the molecule is CC(C)(C)OC(=O)N1[C@H]2C[C@@]2(C)C[C@H]1c1ncc(-c2ccc(-c3ccc(-c4cnc([C@@H]5C[C@]6(C)C[C@@H]6N5C(=O)OC(C)(C)C)[nH]4)cc3)cc2)[nH]1. The van der Waals surface area contributed by atoms with E-state index >= 15 is 0 Å². The van der Waals surface area contributed by atoms with Gasteiger partial charge in [-0.2, -0.15) is 0 Å². The lowest BCUT2D eigenvalue weighted by Crippen LogP contribution is -2.38. The molecule has 10 heteroatoms. The summed E-state index contributed by atoms with van der Waals surface area (Å²) in [5, 5.41) is 0. The number of rotatable bonds is 5. The molecule has 2 aromatic carbocycles. The molecule has 0 unspecified atom stereocenters. The van der Waals surface area contributed by atoms with Crippen molar-refractivity contribution in [3.05, 3.63) is 72.6 Å². The molecule has 2 N–H and O–H groups in total. The van der Waals surface area contributed by atoms with E-state index in [4.69, 9.17) is 19.4 Å². The molecule has 50 heavy (non-hydrogen) atoms. The summed E-state index contributed by atoms with van der Waals surface area (Å²) in [7, 11) is 0. The monoisotopic (exact) mass is 676 g/mol. The molecule has 8 rings (SSSR count). The second kappa shape index (κ2) is 10.9. The highest BCUT2D eigenvalue weighted by molar-refractivity contribution is 5.73. The van der Waals surface area contributed by atoms with E-state index in [2.05, 4.69) is 72.3 Å². The molecule has 2 aliphatic heterocycles. The third-order valence-electron chi connectivity index (χ3n) is 11.0. The lowest BCUT2D eigenvalue weighted by atomic mass is 10.0. The normalized spacial score (nSPS) is 28.3. The van der Waals surface area contributed by atoms with E-state index in [-0.39, 0.29) is 47.2 Å². The number of imidazole rings is 2. The average molecular weight is 677 g/mol. The van der Waals surface area contributed by atoms with Crippen molar-refractivity contribution in [3.63, 3.8) is 0 Å². The van der Waals surface area contributed by atoms with Crippen LogP contribution in [0.15, 0.2) is 60.9 Å². The van der Waals surface area contributed by atoms with Crippen LogP contribution in [0.25, 0.3) is 33.6 Å². The molecule has 2 saturated heterocycles. The number of aromatic amines is 2. The number of hydrogen-bond acceptors (Lipinski definition) is 6. The van der Waals surface area contributed by atoms with Crippen LogP contribution in [0, 0.1) is 10.8 Å². The first-order valence-electron chi connectivity index (χ1n) is 17.8. The molecule has 2 saturated carbocycles. The van der Waals surface area contributed by atoms with Crippen LogP contribution in [0.2, 0.25) is 0 Å². The molecular weight excluding hydrogens is 628 g/mol. The molecule has 4 aromatic rings. The Morgan fingerprint density at radius 2 is 0.960 bits per heavy atom. The van der Waals surface area contributed by atoms with E-state index in [1.807, 2.05) is 63.7 Å².